The molecule has 6 heteroatoms. The maximum absolute atomic E-state index is 12.2. The predicted molar refractivity (Wildman–Crippen MR) is 99.7 cm³/mol. The average Bonchev–Trinajstić information content (AvgIpc) is 3.27. The summed E-state index contributed by atoms with van der Waals surface area (Å²) >= 11 is 0. The largest absolute Gasteiger partial charge is 0.376 e. The van der Waals surface area contributed by atoms with E-state index >= 15 is 0 Å². The van der Waals surface area contributed by atoms with Crippen LogP contribution >= 0.6 is 0 Å². The Hall–Kier alpha value is -2.75. The van der Waals surface area contributed by atoms with Crippen molar-refractivity contribution >= 4 is 5.91 Å². The minimum atomic E-state index is -0.0707. The van der Waals surface area contributed by atoms with Gasteiger partial charge in [0.05, 0.1) is 24.3 Å². The average molecular weight is 362 g/mol. The quantitative estimate of drug-likeness (QED) is 0.878. The second kappa shape index (κ2) is 7.87. The highest BCUT2D eigenvalue weighted by Gasteiger charge is 2.43. The SMILES string of the molecule is N#Cc1ccccc1CN1C[C@H]2[C@H](CNC(=O)c3ccncc3)CO[C@H]2C1. The van der Waals surface area contributed by atoms with Crippen LogP contribution in [0.15, 0.2) is 48.8 Å². The lowest BCUT2D eigenvalue weighted by molar-refractivity contribution is 0.0903. The number of carbonyl (C=O) groups excluding carboxylic acids is 1. The highest BCUT2D eigenvalue weighted by atomic mass is 16.5. The van der Waals surface area contributed by atoms with Gasteiger partial charge in [-0.1, -0.05) is 18.2 Å². The third-order valence-corrected chi connectivity index (χ3v) is 5.51. The fraction of sp³-hybridized carbons (Fsp3) is 0.381. The maximum Gasteiger partial charge on any atom is 0.251 e. The number of carbonyl (C=O) groups is 1. The molecule has 2 aliphatic rings. The van der Waals surface area contributed by atoms with Gasteiger partial charge in [-0.15, -0.1) is 0 Å². The maximum atomic E-state index is 12.2. The first-order valence-corrected chi connectivity index (χ1v) is 9.25. The molecule has 6 nitrogen and oxygen atoms in total. The van der Waals surface area contributed by atoms with Crippen LogP contribution in [0.4, 0.5) is 0 Å². The number of rotatable bonds is 5. The molecule has 0 aliphatic carbocycles. The lowest BCUT2D eigenvalue weighted by atomic mass is 9.93. The van der Waals surface area contributed by atoms with Crippen molar-refractivity contribution in [1.82, 2.24) is 15.2 Å². The Balaban J connectivity index is 1.33. The molecule has 3 heterocycles. The van der Waals surface area contributed by atoms with Gasteiger partial charge in [0.15, 0.2) is 0 Å². The molecule has 2 fully saturated rings. The molecule has 0 unspecified atom stereocenters. The molecule has 2 aromatic rings. The van der Waals surface area contributed by atoms with Crippen molar-refractivity contribution in [2.75, 3.05) is 26.2 Å². The van der Waals surface area contributed by atoms with Gasteiger partial charge in [0.1, 0.15) is 0 Å². The van der Waals surface area contributed by atoms with Gasteiger partial charge in [-0.25, -0.2) is 0 Å². The fourth-order valence-electron chi connectivity index (χ4n) is 4.06. The summed E-state index contributed by atoms with van der Waals surface area (Å²) in [5.41, 5.74) is 2.42. The number of pyridine rings is 1. The van der Waals surface area contributed by atoms with Crippen LogP contribution in [-0.2, 0) is 11.3 Å². The summed E-state index contributed by atoms with van der Waals surface area (Å²) in [4.78, 5) is 18.5. The van der Waals surface area contributed by atoms with E-state index in [1.807, 2.05) is 24.3 Å². The number of likely N-dealkylation sites (tertiary alicyclic amines) is 1. The van der Waals surface area contributed by atoms with Gasteiger partial charge in [0, 0.05) is 56.0 Å². The monoisotopic (exact) mass is 362 g/mol. The number of aromatic nitrogens is 1. The summed E-state index contributed by atoms with van der Waals surface area (Å²) in [5, 5.41) is 12.3. The first kappa shape index (κ1) is 17.7. The van der Waals surface area contributed by atoms with Crippen molar-refractivity contribution in [2.24, 2.45) is 11.8 Å². The molecule has 3 atom stereocenters. The molecule has 4 rings (SSSR count). The number of nitrogens with one attached hydrogen (secondary N) is 1. The fourth-order valence-corrected chi connectivity index (χ4v) is 4.06. The highest BCUT2D eigenvalue weighted by molar-refractivity contribution is 5.93. The minimum Gasteiger partial charge on any atom is -0.376 e. The minimum absolute atomic E-state index is 0.0707. The van der Waals surface area contributed by atoms with Crippen LogP contribution in [0.25, 0.3) is 0 Å². The zero-order valence-electron chi connectivity index (χ0n) is 15.0. The van der Waals surface area contributed by atoms with E-state index in [4.69, 9.17) is 4.74 Å². The zero-order valence-corrected chi connectivity index (χ0v) is 15.0. The van der Waals surface area contributed by atoms with Crippen LogP contribution in [0.2, 0.25) is 0 Å². The second-order valence-electron chi connectivity index (χ2n) is 7.20. The van der Waals surface area contributed by atoms with Crippen molar-refractivity contribution in [1.29, 1.82) is 5.26 Å². The smallest absolute Gasteiger partial charge is 0.251 e. The Morgan fingerprint density at radius 1 is 1.26 bits per heavy atom. The van der Waals surface area contributed by atoms with Gasteiger partial charge in [-0.3, -0.25) is 14.7 Å². The molecule has 0 saturated carbocycles. The molecule has 1 aromatic carbocycles. The van der Waals surface area contributed by atoms with Gasteiger partial charge in [0.2, 0.25) is 0 Å². The Kier molecular flexibility index (Phi) is 5.14. The van der Waals surface area contributed by atoms with Gasteiger partial charge in [-0.2, -0.15) is 5.26 Å². The molecular weight excluding hydrogens is 340 g/mol. The first-order valence-electron chi connectivity index (χ1n) is 9.25. The van der Waals surface area contributed by atoms with Crippen LogP contribution in [0, 0.1) is 23.2 Å². The summed E-state index contributed by atoms with van der Waals surface area (Å²) in [7, 11) is 0. The number of ether oxygens (including phenoxy) is 1. The Morgan fingerprint density at radius 3 is 2.89 bits per heavy atom. The van der Waals surface area contributed by atoms with Crippen LogP contribution in [-0.4, -0.2) is 48.1 Å². The number of nitriles is 1. The molecule has 138 valence electrons. The molecule has 2 saturated heterocycles. The van der Waals surface area contributed by atoms with E-state index in [0.717, 1.165) is 30.8 Å². The third-order valence-electron chi connectivity index (χ3n) is 5.51. The van der Waals surface area contributed by atoms with Crippen molar-refractivity contribution in [3.63, 3.8) is 0 Å². The van der Waals surface area contributed by atoms with Crippen LogP contribution < -0.4 is 5.32 Å². The normalized spacial score (nSPS) is 24.3. The van der Waals surface area contributed by atoms with E-state index in [-0.39, 0.29) is 12.0 Å². The first-order chi connectivity index (χ1) is 13.2. The van der Waals surface area contributed by atoms with E-state index in [1.165, 1.54) is 0 Å². The molecule has 1 amide bonds. The molecule has 0 bridgehead atoms. The zero-order chi connectivity index (χ0) is 18.6. The molecular formula is C21H22N4O2. The topological polar surface area (TPSA) is 78.3 Å². The van der Waals surface area contributed by atoms with Gasteiger partial charge in [-0.05, 0) is 23.8 Å². The number of benzene rings is 1. The predicted octanol–water partition coefficient (Wildman–Crippen LogP) is 1.83. The molecule has 0 spiro atoms. The standard InChI is InChI=1S/C21H22N4O2/c22-9-16-3-1-2-4-17(16)11-25-12-19-18(14-27-20(19)13-25)10-24-21(26)15-5-7-23-8-6-15/h1-8,18-20H,10-14H2,(H,24,26)/t18-,19+,20+/m1/s1. The number of hydrogen-bond donors (Lipinski definition) is 1. The molecule has 1 N–H and O–H groups in total. The summed E-state index contributed by atoms with van der Waals surface area (Å²) in [6, 6.07) is 13.4. The van der Waals surface area contributed by atoms with Crippen molar-refractivity contribution in [3.8, 4) is 6.07 Å². The third kappa shape index (κ3) is 3.85. The Morgan fingerprint density at radius 2 is 2.07 bits per heavy atom. The lowest BCUT2D eigenvalue weighted by Crippen LogP contribution is -2.34. The van der Waals surface area contributed by atoms with Crippen molar-refractivity contribution in [2.45, 2.75) is 12.6 Å². The molecule has 2 aliphatic heterocycles. The number of amides is 1. The van der Waals surface area contributed by atoms with Crippen molar-refractivity contribution in [3.05, 3.63) is 65.5 Å². The molecule has 27 heavy (non-hydrogen) atoms. The summed E-state index contributed by atoms with van der Waals surface area (Å²) in [6.07, 6.45) is 3.46. The number of fused-ring (bicyclic) bond motifs is 1. The van der Waals surface area contributed by atoms with E-state index in [0.29, 0.717) is 30.6 Å². The van der Waals surface area contributed by atoms with Crippen LogP contribution in [0.5, 0.6) is 0 Å². The summed E-state index contributed by atoms with van der Waals surface area (Å²) in [6.45, 7) is 3.87. The van der Waals surface area contributed by atoms with Crippen molar-refractivity contribution < 1.29 is 9.53 Å². The number of hydrogen-bond acceptors (Lipinski definition) is 5. The second-order valence-corrected chi connectivity index (χ2v) is 7.20. The highest BCUT2D eigenvalue weighted by Crippen LogP contribution is 2.34. The van der Waals surface area contributed by atoms with E-state index in [9.17, 15) is 10.1 Å². The molecule has 1 aromatic heterocycles. The summed E-state index contributed by atoms with van der Waals surface area (Å²) < 4.78 is 5.98. The van der Waals surface area contributed by atoms with E-state index < -0.39 is 0 Å². The van der Waals surface area contributed by atoms with Crippen LogP contribution in [0.3, 0.4) is 0 Å². The van der Waals surface area contributed by atoms with Gasteiger partial charge >= 0.3 is 0 Å². The van der Waals surface area contributed by atoms with Crippen LogP contribution in [0.1, 0.15) is 21.5 Å². The number of nitrogens with zero attached hydrogens (tertiary/aromatic N) is 3. The lowest BCUT2D eigenvalue weighted by Gasteiger charge is -2.20. The Bertz CT molecular complexity index is 849. The summed E-state index contributed by atoms with van der Waals surface area (Å²) in [5.74, 6) is 0.660. The van der Waals surface area contributed by atoms with E-state index in [2.05, 4.69) is 21.3 Å². The van der Waals surface area contributed by atoms with Gasteiger partial charge < -0.3 is 10.1 Å². The van der Waals surface area contributed by atoms with E-state index in [1.54, 1.807) is 24.5 Å². The van der Waals surface area contributed by atoms with Gasteiger partial charge in [0.25, 0.3) is 5.91 Å². The Labute approximate surface area is 158 Å². The molecule has 0 radical (unpaired) electrons.